The molecule has 0 fully saturated rings. The molecule has 0 bridgehead atoms. The minimum Gasteiger partial charge on any atom is -0.507 e. The highest BCUT2D eigenvalue weighted by Gasteiger charge is 2.01. The van der Waals surface area contributed by atoms with Gasteiger partial charge in [-0.2, -0.15) is 5.10 Å². The third kappa shape index (κ3) is 4.63. The van der Waals surface area contributed by atoms with Gasteiger partial charge in [0.25, 0.3) is 5.91 Å². The molecule has 0 aliphatic carbocycles. The Bertz CT molecular complexity index is 696. The monoisotopic (exact) mass is 297 g/mol. The third-order valence-electron chi connectivity index (χ3n) is 3.05. The number of hydrogen-bond donors (Lipinski definition) is 3. The summed E-state index contributed by atoms with van der Waals surface area (Å²) in [5.74, 6) is -0.125. The molecule has 0 aliphatic heterocycles. The molecule has 5 nitrogen and oxygen atoms in total. The van der Waals surface area contributed by atoms with Gasteiger partial charge in [0.15, 0.2) is 0 Å². The van der Waals surface area contributed by atoms with Gasteiger partial charge in [0.2, 0.25) is 0 Å². The van der Waals surface area contributed by atoms with Gasteiger partial charge < -0.3 is 10.4 Å². The van der Waals surface area contributed by atoms with Crippen LogP contribution in [0, 0.1) is 13.8 Å². The number of nitrogens with zero attached hydrogens (tertiary/aromatic N) is 1. The predicted molar refractivity (Wildman–Crippen MR) is 88.2 cm³/mol. The summed E-state index contributed by atoms with van der Waals surface area (Å²) in [5.41, 5.74) is 5.94. The van der Waals surface area contributed by atoms with E-state index in [2.05, 4.69) is 15.8 Å². The number of aryl methyl sites for hydroxylation is 2. The topological polar surface area (TPSA) is 73.7 Å². The van der Waals surface area contributed by atoms with Gasteiger partial charge in [0.1, 0.15) is 5.75 Å². The lowest BCUT2D eigenvalue weighted by molar-refractivity contribution is -0.119. The van der Waals surface area contributed by atoms with Crippen LogP contribution in [0.4, 0.5) is 5.69 Å². The number of rotatable bonds is 5. The zero-order valence-electron chi connectivity index (χ0n) is 12.6. The molecule has 5 heteroatoms. The summed E-state index contributed by atoms with van der Waals surface area (Å²) in [5, 5.41) is 16.6. The zero-order valence-corrected chi connectivity index (χ0v) is 12.6. The van der Waals surface area contributed by atoms with E-state index in [0.29, 0.717) is 5.56 Å². The van der Waals surface area contributed by atoms with Crippen molar-refractivity contribution < 1.29 is 9.90 Å². The molecule has 2 rings (SSSR count). The number of hydrogen-bond acceptors (Lipinski definition) is 4. The first kappa shape index (κ1) is 15.6. The van der Waals surface area contributed by atoms with Crippen LogP contribution >= 0.6 is 0 Å². The van der Waals surface area contributed by atoms with Crippen molar-refractivity contribution in [3.63, 3.8) is 0 Å². The van der Waals surface area contributed by atoms with E-state index < -0.39 is 0 Å². The van der Waals surface area contributed by atoms with Gasteiger partial charge in [-0.15, -0.1) is 0 Å². The van der Waals surface area contributed by atoms with E-state index in [0.717, 1.165) is 16.8 Å². The summed E-state index contributed by atoms with van der Waals surface area (Å²) in [6.07, 6.45) is 1.42. The van der Waals surface area contributed by atoms with Crippen LogP contribution in [0.25, 0.3) is 0 Å². The summed E-state index contributed by atoms with van der Waals surface area (Å²) in [7, 11) is 0. The summed E-state index contributed by atoms with van der Waals surface area (Å²) in [4.78, 5) is 11.7. The molecule has 0 radical (unpaired) electrons. The maximum atomic E-state index is 11.7. The zero-order chi connectivity index (χ0) is 15.9. The predicted octanol–water partition coefficient (Wildman–Crippen LogP) is 2.57. The van der Waals surface area contributed by atoms with E-state index in [1.807, 2.05) is 44.2 Å². The van der Waals surface area contributed by atoms with Crippen molar-refractivity contribution in [1.82, 2.24) is 5.43 Å². The van der Waals surface area contributed by atoms with Crippen LogP contribution in [0.2, 0.25) is 0 Å². The van der Waals surface area contributed by atoms with Crippen LogP contribution in [0.1, 0.15) is 16.7 Å². The standard InChI is InChI=1S/C17H19N3O2/c1-12-4-3-5-15(8-12)18-11-17(22)20-19-10-14-7-6-13(2)9-16(14)21/h3-10,18,21H,11H2,1-2H3,(H,20,22). The minimum absolute atomic E-state index is 0.126. The molecular formula is C17H19N3O2. The number of phenolic OH excluding ortho intramolecular Hbond substituents is 1. The molecule has 114 valence electrons. The lowest BCUT2D eigenvalue weighted by Gasteiger charge is -2.06. The van der Waals surface area contributed by atoms with Crippen LogP contribution in [-0.4, -0.2) is 23.8 Å². The summed E-state index contributed by atoms with van der Waals surface area (Å²) >= 11 is 0. The van der Waals surface area contributed by atoms with E-state index >= 15 is 0 Å². The Balaban J connectivity index is 1.83. The summed E-state index contributed by atoms with van der Waals surface area (Å²) < 4.78 is 0. The molecule has 0 atom stereocenters. The first-order chi connectivity index (χ1) is 10.5. The largest absolute Gasteiger partial charge is 0.507 e. The molecule has 3 N–H and O–H groups in total. The second-order valence-corrected chi connectivity index (χ2v) is 5.08. The number of nitrogens with one attached hydrogen (secondary N) is 2. The number of carbonyl (C=O) groups excluding carboxylic acids is 1. The van der Waals surface area contributed by atoms with E-state index in [1.165, 1.54) is 6.21 Å². The van der Waals surface area contributed by atoms with Gasteiger partial charge in [-0.3, -0.25) is 4.79 Å². The minimum atomic E-state index is -0.260. The van der Waals surface area contributed by atoms with Crippen LogP contribution in [0.3, 0.4) is 0 Å². The van der Waals surface area contributed by atoms with Crippen molar-refractivity contribution in [2.24, 2.45) is 5.10 Å². The van der Waals surface area contributed by atoms with Crippen molar-refractivity contribution in [2.75, 3.05) is 11.9 Å². The van der Waals surface area contributed by atoms with Crippen molar-refractivity contribution in [3.8, 4) is 5.75 Å². The number of aromatic hydroxyl groups is 1. The Labute approximate surface area is 129 Å². The van der Waals surface area contributed by atoms with Gasteiger partial charge in [-0.05, 0) is 49.2 Å². The Morgan fingerprint density at radius 2 is 1.95 bits per heavy atom. The van der Waals surface area contributed by atoms with Gasteiger partial charge >= 0.3 is 0 Å². The van der Waals surface area contributed by atoms with Crippen LogP contribution in [0.15, 0.2) is 47.6 Å². The summed E-state index contributed by atoms with van der Waals surface area (Å²) in [6.45, 7) is 4.00. The fraction of sp³-hybridized carbons (Fsp3) is 0.176. The number of anilines is 1. The van der Waals surface area contributed by atoms with Gasteiger partial charge in [-0.25, -0.2) is 5.43 Å². The third-order valence-corrected chi connectivity index (χ3v) is 3.05. The van der Waals surface area contributed by atoms with Crippen molar-refractivity contribution in [2.45, 2.75) is 13.8 Å². The number of amides is 1. The van der Waals surface area contributed by atoms with Crippen LogP contribution in [0.5, 0.6) is 5.75 Å². The SMILES string of the molecule is Cc1cccc(NCC(=O)NN=Cc2ccc(C)cc2O)c1. The molecule has 2 aromatic rings. The first-order valence-corrected chi connectivity index (χ1v) is 6.96. The van der Waals surface area contributed by atoms with Crippen LogP contribution < -0.4 is 10.7 Å². The highest BCUT2D eigenvalue weighted by Crippen LogP contribution is 2.16. The fourth-order valence-electron chi connectivity index (χ4n) is 1.91. The van der Waals surface area contributed by atoms with Crippen molar-refractivity contribution >= 4 is 17.8 Å². The molecular weight excluding hydrogens is 278 g/mol. The molecule has 0 aliphatic rings. The second kappa shape index (κ2) is 7.26. The Hall–Kier alpha value is -2.82. The van der Waals surface area contributed by atoms with E-state index in [4.69, 9.17) is 0 Å². The average Bonchev–Trinajstić information content (AvgIpc) is 2.47. The summed E-state index contributed by atoms with van der Waals surface area (Å²) in [6, 6.07) is 13.0. The first-order valence-electron chi connectivity index (χ1n) is 6.96. The van der Waals surface area contributed by atoms with Crippen LogP contribution in [-0.2, 0) is 4.79 Å². The maximum Gasteiger partial charge on any atom is 0.259 e. The molecule has 0 aromatic heterocycles. The van der Waals surface area contributed by atoms with Crippen molar-refractivity contribution in [3.05, 3.63) is 59.2 Å². The Kier molecular flexibility index (Phi) is 5.14. The van der Waals surface area contributed by atoms with Gasteiger partial charge in [-0.1, -0.05) is 18.2 Å². The fourth-order valence-corrected chi connectivity index (χ4v) is 1.91. The Morgan fingerprint density at radius 1 is 1.18 bits per heavy atom. The Morgan fingerprint density at radius 3 is 2.68 bits per heavy atom. The lowest BCUT2D eigenvalue weighted by atomic mass is 10.1. The van der Waals surface area contributed by atoms with E-state index in [1.54, 1.807) is 12.1 Å². The quantitative estimate of drug-likeness (QED) is 0.586. The molecule has 0 saturated heterocycles. The van der Waals surface area contributed by atoms with Gasteiger partial charge in [0, 0.05) is 11.3 Å². The van der Waals surface area contributed by atoms with Gasteiger partial charge in [0.05, 0.1) is 12.8 Å². The maximum absolute atomic E-state index is 11.7. The van der Waals surface area contributed by atoms with Crippen molar-refractivity contribution in [1.29, 1.82) is 0 Å². The molecule has 1 amide bonds. The smallest absolute Gasteiger partial charge is 0.259 e. The molecule has 2 aromatic carbocycles. The molecule has 0 unspecified atom stereocenters. The lowest BCUT2D eigenvalue weighted by Crippen LogP contribution is -2.25. The highest BCUT2D eigenvalue weighted by atomic mass is 16.3. The number of phenols is 1. The molecule has 0 spiro atoms. The molecule has 0 heterocycles. The van der Waals surface area contributed by atoms with E-state index in [9.17, 15) is 9.90 Å². The number of hydrazone groups is 1. The number of carbonyl (C=O) groups is 1. The number of benzene rings is 2. The van der Waals surface area contributed by atoms with E-state index in [-0.39, 0.29) is 18.2 Å². The normalized spacial score (nSPS) is 10.6. The molecule has 22 heavy (non-hydrogen) atoms. The second-order valence-electron chi connectivity index (χ2n) is 5.08. The molecule has 0 saturated carbocycles. The average molecular weight is 297 g/mol. The highest BCUT2D eigenvalue weighted by molar-refractivity contribution is 5.86.